The molecular formula is C10H20N2O2. The summed E-state index contributed by atoms with van der Waals surface area (Å²) in [5.74, 6) is -0.278. The third kappa shape index (κ3) is 2.69. The molecule has 0 aromatic carbocycles. The minimum absolute atomic E-state index is 0.0546. The van der Waals surface area contributed by atoms with Crippen LogP contribution in [0, 0.1) is 5.92 Å². The number of hydrogen-bond donors (Lipinski definition) is 2. The number of piperazine rings is 1. The van der Waals surface area contributed by atoms with Gasteiger partial charge in [0.05, 0.1) is 11.5 Å². The molecule has 4 nitrogen and oxygen atoms in total. The van der Waals surface area contributed by atoms with Gasteiger partial charge >= 0.3 is 0 Å². The van der Waals surface area contributed by atoms with Crippen LogP contribution in [-0.2, 0) is 4.79 Å². The monoisotopic (exact) mass is 200 g/mol. The summed E-state index contributed by atoms with van der Waals surface area (Å²) in [7, 11) is 0. The lowest BCUT2D eigenvalue weighted by molar-refractivity contribution is -0.142. The fraction of sp³-hybridized carbons (Fsp3) is 0.900. The number of carbonyl (C=O) groups excluding carboxylic acids is 1. The van der Waals surface area contributed by atoms with E-state index in [4.69, 9.17) is 0 Å². The molecule has 0 bridgehead atoms. The number of amides is 1. The summed E-state index contributed by atoms with van der Waals surface area (Å²) < 4.78 is 0. The Morgan fingerprint density at radius 2 is 1.93 bits per heavy atom. The third-order valence-electron chi connectivity index (χ3n) is 2.86. The summed E-state index contributed by atoms with van der Waals surface area (Å²) in [4.78, 5) is 13.7. The van der Waals surface area contributed by atoms with E-state index in [0.29, 0.717) is 0 Å². The summed E-state index contributed by atoms with van der Waals surface area (Å²) in [5.41, 5.74) is -0.929. The highest BCUT2D eigenvalue weighted by molar-refractivity contribution is 5.79. The zero-order valence-corrected chi connectivity index (χ0v) is 9.21. The number of rotatable bonds is 2. The van der Waals surface area contributed by atoms with E-state index < -0.39 is 5.60 Å². The Morgan fingerprint density at radius 1 is 1.43 bits per heavy atom. The van der Waals surface area contributed by atoms with Crippen LogP contribution in [0.4, 0.5) is 0 Å². The van der Waals surface area contributed by atoms with Crippen molar-refractivity contribution in [3.05, 3.63) is 0 Å². The van der Waals surface area contributed by atoms with Gasteiger partial charge in [-0.2, -0.15) is 0 Å². The molecule has 0 aromatic heterocycles. The standard InChI is InChI=1S/C10H20N2O2/c1-8(10(2,3)14)9(13)12-6-4-11-5-7-12/h8,11,14H,4-7H2,1-3H3. The van der Waals surface area contributed by atoms with Crippen molar-refractivity contribution >= 4 is 5.91 Å². The molecule has 0 spiro atoms. The first-order chi connectivity index (χ1) is 6.43. The fourth-order valence-corrected chi connectivity index (χ4v) is 1.46. The lowest BCUT2D eigenvalue weighted by Crippen LogP contribution is -2.51. The van der Waals surface area contributed by atoms with Crippen LogP contribution in [0.2, 0.25) is 0 Å². The molecule has 1 amide bonds. The second-order valence-electron chi connectivity index (χ2n) is 4.45. The predicted octanol–water partition coefficient (Wildman–Crippen LogP) is -0.175. The molecule has 1 saturated heterocycles. The van der Waals surface area contributed by atoms with Gasteiger partial charge in [-0.25, -0.2) is 0 Å². The van der Waals surface area contributed by atoms with E-state index in [2.05, 4.69) is 5.32 Å². The molecule has 1 aliphatic heterocycles. The van der Waals surface area contributed by atoms with Gasteiger partial charge in [0.15, 0.2) is 0 Å². The van der Waals surface area contributed by atoms with Gasteiger partial charge in [-0.3, -0.25) is 4.79 Å². The molecule has 0 aliphatic carbocycles. The zero-order valence-electron chi connectivity index (χ0n) is 9.21. The first-order valence-corrected chi connectivity index (χ1v) is 5.15. The predicted molar refractivity (Wildman–Crippen MR) is 54.9 cm³/mol. The third-order valence-corrected chi connectivity index (χ3v) is 2.86. The highest BCUT2D eigenvalue weighted by atomic mass is 16.3. The van der Waals surface area contributed by atoms with E-state index >= 15 is 0 Å². The molecule has 1 heterocycles. The molecule has 0 saturated carbocycles. The van der Waals surface area contributed by atoms with Crippen LogP contribution in [0.25, 0.3) is 0 Å². The van der Waals surface area contributed by atoms with Crippen LogP contribution in [0.3, 0.4) is 0 Å². The van der Waals surface area contributed by atoms with Crippen molar-refractivity contribution in [2.75, 3.05) is 26.2 Å². The van der Waals surface area contributed by atoms with Crippen molar-refractivity contribution in [1.29, 1.82) is 0 Å². The number of nitrogens with zero attached hydrogens (tertiary/aromatic N) is 1. The van der Waals surface area contributed by atoms with E-state index in [1.54, 1.807) is 20.8 Å². The maximum atomic E-state index is 11.9. The van der Waals surface area contributed by atoms with Crippen LogP contribution in [0.15, 0.2) is 0 Å². The number of carbonyl (C=O) groups is 1. The molecule has 1 unspecified atom stereocenters. The fourth-order valence-electron chi connectivity index (χ4n) is 1.46. The Bertz CT molecular complexity index is 205. The SMILES string of the molecule is CC(C(=O)N1CCNCC1)C(C)(C)O. The molecular weight excluding hydrogens is 180 g/mol. The Balaban J connectivity index is 2.55. The van der Waals surface area contributed by atoms with Gasteiger partial charge in [0.2, 0.25) is 5.91 Å². The van der Waals surface area contributed by atoms with Crippen molar-refractivity contribution in [3.63, 3.8) is 0 Å². The first-order valence-electron chi connectivity index (χ1n) is 5.15. The van der Waals surface area contributed by atoms with Gasteiger partial charge in [-0.1, -0.05) is 6.92 Å². The molecule has 4 heteroatoms. The average molecular weight is 200 g/mol. The second-order valence-corrected chi connectivity index (χ2v) is 4.45. The van der Waals surface area contributed by atoms with E-state index in [0.717, 1.165) is 26.2 Å². The van der Waals surface area contributed by atoms with Crippen LogP contribution >= 0.6 is 0 Å². The Hall–Kier alpha value is -0.610. The molecule has 1 aliphatic rings. The second kappa shape index (κ2) is 4.28. The minimum atomic E-state index is -0.929. The maximum Gasteiger partial charge on any atom is 0.228 e. The van der Waals surface area contributed by atoms with Crippen molar-refractivity contribution in [2.24, 2.45) is 5.92 Å². The molecule has 1 atom stereocenters. The molecule has 1 fully saturated rings. The quantitative estimate of drug-likeness (QED) is 0.650. The van der Waals surface area contributed by atoms with Crippen LogP contribution in [0.5, 0.6) is 0 Å². The summed E-state index contributed by atoms with van der Waals surface area (Å²) in [6, 6.07) is 0. The lowest BCUT2D eigenvalue weighted by atomic mass is 9.91. The van der Waals surface area contributed by atoms with Crippen molar-refractivity contribution in [2.45, 2.75) is 26.4 Å². The average Bonchev–Trinajstić information content (AvgIpc) is 2.15. The van der Waals surface area contributed by atoms with E-state index in [1.165, 1.54) is 0 Å². The summed E-state index contributed by atoms with van der Waals surface area (Å²) in [5, 5.41) is 12.9. The van der Waals surface area contributed by atoms with Crippen molar-refractivity contribution in [1.82, 2.24) is 10.2 Å². The van der Waals surface area contributed by atoms with Gasteiger partial charge in [-0.05, 0) is 13.8 Å². The Kier molecular flexibility index (Phi) is 3.50. The van der Waals surface area contributed by atoms with Gasteiger partial charge in [0.25, 0.3) is 0 Å². The van der Waals surface area contributed by atoms with Crippen LogP contribution in [0.1, 0.15) is 20.8 Å². The highest BCUT2D eigenvalue weighted by Crippen LogP contribution is 2.18. The smallest absolute Gasteiger partial charge is 0.228 e. The Labute approximate surface area is 85.3 Å². The maximum absolute atomic E-state index is 11.9. The zero-order chi connectivity index (χ0) is 10.8. The van der Waals surface area contributed by atoms with E-state index in [9.17, 15) is 9.90 Å². The van der Waals surface area contributed by atoms with E-state index in [-0.39, 0.29) is 11.8 Å². The largest absolute Gasteiger partial charge is 0.390 e. The normalized spacial score (nSPS) is 20.7. The molecule has 0 aromatic rings. The Morgan fingerprint density at radius 3 is 2.36 bits per heavy atom. The van der Waals surface area contributed by atoms with Gasteiger partial charge in [0, 0.05) is 26.2 Å². The van der Waals surface area contributed by atoms with E-state index in [1.807, 2.05) is 4.90 Å². The molecule has 1 rings (SSSR count). The summed E-state index contributed by atoms with van der Waals surface area (Å²) in [6.45, 7) is 8.34. The number of hydrogen-bond acceptors (Lipinski definition) is 3. The lowest BCUT2D eigenvalue weighted by Gasteiger charge is -2.33. The first kappa shape index (κ1) is 11.5. The highest BCUT2D eigenvalue weighted by Gasteiger charge is 2.32. The van der Waals surface area contributed by atoms with Crippen molar-refractivity contribution < 1.29 is 9.90 Å². The van der Waals surface area contributed by atoms with Crippen LogP contribution in [-0.4, -0.2) is 47.7 Å². The topological polar surface area (TPSA) is 52.6 Å². The number of nitrogens with one attached hydrogen (secondary N) is 1. The van der Waals surface area contributed by atoms with Gasteiger partial charge in [-0.15, -0.1) is 0 Å². The summed E-state index contributed by atoms with van der Waals surface area (Å²) in [6.07, 6.45) is 0. The minimum Gasteiger partial charge on any atom is -0.390 e. The molecule has 82 valence electrons. The molecule has 0 radical (unpaired) electrons. The molecule has 14 heavy (non-hydrogen) atoms. The summed E-state index contributed by atoms with van der Waals surface area (Å²) >= 11 is 0. The van der Waals surface area contributed by atoms with Gasteiger partial charge in [0.1, 0.15) is 0 Å². The van der Waals surface area contributed by atoms with Crippen LogP contribution < -0.4 is 5.32 Å². The number of aliphatic hydroxyl groups is 1. The van der Waals surface area contributed by atoms with Crippen molar-refractivity contribution in [3.8, 4) is 0 Å². The van der Waals surface area contributed by atoms with Gasteiger partial charge < -0.3 is 15.3 Å². The molecule has 2 N–H and O–H groups in total.